The van der Waals surface area contributed by atoms with Gasteiger partial charge in [0, 0.05) is 18.4 Å². The van der Waals surface area contributed by atoms with Crippen LogP contribution < -0.4 is 5.32 Å². The van der Waals surface area contributed by atoms with Crippen molar-refractivity contribution >= 4 is 0 Å². The van der Waals surface area contributed by atoms with Gasteiger partial charge in [-0.05, 0) is 54.1 Å². The minimum atomic E-state index is 0.219. The Labute approximate surface area is 128 Å². The van der Waals surface area contributed by atoms with Crippen molar-refractivity contribution in [3.63, 3.8) is 0 Å². The number of nitrogens with one attached hydrogen (secondary N) is 1. The zero-order valence-electron chi connectivity index (χ0n) is 13.6. The second-order valence-electron chi connectivity index (χ2n) is 6.65. The van der Waals surface area contributed by atoms with Crippen molar-refractivity contribution in [2.75, 3.05) is 6.54 Å². The van der Waals surface area contributed by atoms with Gasteiger partial charge in [0.15, 0.2) is 0 Å². The minimum Gasteiger partial charge on any atom is -0.310 e. The lowest BCUT2D eigenvalue weighted by Gasteiger charge is -2.20. The molecule has 0 aliphatic rings. The molecule has 1 N–H and O–H groups in total. The van der Waals surface area contributed by atoms with Crippen molar-refractivity contribution in [1.82, 2.24) is 10.3 Å². The first-order chi connectivity index (χ1) is 9.97. The second kappa shape index (κ2) is 6.86. The molecule has 0 bridgehead atoms. The molecular formula is C19H26N2. The molecule has 21 heavy (non-hydrogen) atoms. The fraction of sp³-hybridized carbons (Fsp3) is 0.421. The Bertz CT molecular complexity index is 538. The summed E-state index contributed by atoms with van der Waals surface area (Å²) in [6.07, 6.45) is 4.74. The van der Waals surface area contributed by atoms with Crippen molar-refractivity contribution in [3.05, 3.63) is 65.5 Å². The van der Waals surface area contributed by atoms with Crippen LogP contribution in [0.25, 0.3) is 0 Å². The predicted molar refractivity (Wildman–Crippen MR) is 89.5 cm³/mol. The molecule has 0 saturated heterocycles. The molecule has 2 rings (SSSR count). The van der Waals surface area contributed by atoms with E-state index in [1.807, 2.05) is 12.4 Å². The van der Waals surface area contributed by atoms with E-state index in [2.05, 4.69) is 74.4 Å². The third kappa shape index (κ3) is 4.68. The summed E-state index contributed by atoms with van der Waals surface area (Å²) < 4.78 is 0. The maximum atomic E-state index is 4.04. The van der Waals surface area contributed by atoms with Gasteiger partial charge in [0.05, 0.1) is 0 Å². The highest BCUT2D eigenvalue weighted by molar-refractivity contribution is 5.29. The van der Waals surface area contributed by atoms with Crippen LogP contribution in [0.5, 0.6) is 0 Å². The number of nitrogens with zero attached hydrogens (tertiary/aromatic N) is 1. The van der Waals surface area contributed by atoms with Gasteiger partial charge in [-0.1, -0.05) is 45.0 Å². The van der Waals surface area contributed by atoms with Gasteiger partial charge in [-0.25, -0.2) is 0 Å². The molecule has 0 spiro atoms. The van der Waals surface area contributed by atoms with Crippen molar-refractivity contribution < 1.29 is 0 Å². The van der Waals surface area contributed by atoms with E-state index < -0.39 is 0 Å². The van der Waals surface area contributed by atoms with Crippen LogP contribution in [0.1, 0.15) is 50.4 Å². The monoisotopic (exact) mass is 282 g/mol. The van der Waals surface area contributed by atoms with E-state index in [4.69, 9.17) is 0 Å². The standard InChI is InChI=1S/C19H26N2/c1-15(21-14-11-16-9-12-20-13-10-16)17-5-7-18(8-6-17)19(2,3)4/h5-10,12-13,15,21H,11,14H2,1-4H3. The van der Waals surface area contributed by atoms with Crippen LogP contribution in [0, 0.1) is 0 Å². The average Bonchev–Trinajstić information content (AvgIpc) is 2.47. The lowest BCUT2D eigenvalue weighted by atomic mass is 9.86. The minimum absolute atomic E-state index is 0.219. The molecule has 2 nitrogen and oxygen atoms in total. The fourth-order valence-electron chi connectivity index (χ4n) is 2.37. The van der Waals surface area contributed by atoms with Crippen LogP contribution in [-0.2, 0) is 11.8 Å². The van der Waals surface area contributed by atoms with Crippen LogP contribution in [0.3, 0.4) is 0 Å². The third-order valence-electron chi connectivity index (χ3n) is 3.89. The quantitative estimate of drug-likeness (QED) is 0.885. The van der Waals surface area contributed by atoms with E-state index in [0.29, 0.717) is 6.04 Å². The number of hydrogen-bond donors (Lipinski definition) is 1. The van der Waals surface area contributed by atoms with Gasteiger partial charge in [0.1, 0.15) is 0 Å². The molecule has 112 valence electrons. The molecule has 0 aliphatic heterocycles. The van der Waals surface area contributed by atoms with Gasteiger partial charge in [0.2, 0.25) is 0 Å². The van der Waals surface area contributed by atoms with E-state index in [1.54, 1.807) is 0 Å². The molecule has 0 saturated carbocycles. The summed E-state index contributed by atoms with van der Waals surface area (Å²) in [4.78, 5) is 4.04. The molecule has 0 fully saturated rings. The summed E-state index contributed by atoms with van der Waals surface area (Å²) in [7, 11) is 0. The predicted octanol–water partition coefficient (Wildman–Crippen LogP) is 4.27. The van der Waals surface area contributed by atoms with Crippen LogP contribution in [0.15, 0.2) is 48.8 Å². The lowest BCUT2D eigenvalue weighted by Crippen LogP contribution is -2.21. The molecule has 0 aliphatic carbocycles. The Kier molecular flexibility index (Phi) is 5.13. The Balaban J connectivity index is 1.87. The maximum absolute atomic E-state index is 4.04. The molecule has 1 aromatic carbocycles. The SMILES string of the molecule is CC(NCCc1ccncc1)c1ccc(C(C)(C)C)cc1. The maximum Gasteiger partial charge on any atom is 0.0291 e. The summed E-state index contributed by atoms with van der Waals surface area (Å²) >= 11 is 0. The molecule has 1 heterocycles. The Morgan fingerprint density at radius 1 is 1.00 bits per heavy atom. The Hall–Kier alpha value is -1.67. The molecule has 1 unspecified atom stereocenters. The number of rotatable bonds is 5. The van der Waals surface area contributed by atoms with E-state index in [-0.39, 0.29) is 5.41 Å². The fourth-order valence-corrected chi connectivity index (χ4v) is 2.37. The normalized spacial score (nSPS) is 13.1. The molecule has 0 radical (unpaired) electrons. The van der Waals surface area contributed by atoms with Gasteiger partial charge in [-0.3, -0.25) is 4.98 Å². The summed E-state index contributed by atoms with van der Waals surface area (Å²) in [6, 6.07) is 13.5. The Morgan fingerprint density at radius 2 is 1.62 bits per heavy atom. The van der Waals surface area contributed by atoms with E-state index >= 15 is 0 Å². The third-order valence-corrected chi connectivity index (χ3v) is 3.89. The van der Waals surface area contributed by atoms with Gasteiger partial charge in [-0.2, -0.15) is 0 Å². The van der Waals surface area contributed by atoms with E-state index in [1.165, 1.54) is 16.7 Å². The number of hydrogen-bond acceptors (Lipinski definition) is 2. The molecule has 1 atom stereocenters. The van der Waals surface area contributed by atoms with Gasteiger partial charge in [-0.15, -0.1) is 0 Å². The van der Waals surface area contributed by atoms with Gasteiger partial charge >= 0.3 is 0 Å². The molecule has 2 aromatic rings. The highest BCUT2D eigenvalue weighted by atomic mass is 14.9. The highest BCUT2D eigenvalue weighted by Gasteiger charge is 2.13. The van der Waals surface area contributed by atoms with Crippen LogP contribution >= 0.6 is 0 Å². The zero-order chi connectivity index (χ0) is 15.3. The van der Waals surface area contributed by atoms with Crippen molar-refractivity contribution in [3.8, 4) is 0 Å². The number of aromatic nitrogens is 1. The molecule has 1 aromatic heterocycles. The highest BCUT2D eigenvalue weighted by Crippen LogP contribution is 2.23. The number of pyridine rings is 1. The molecular weight excluding hydrogens is 256 g/mol. The second-order valence-corrected chi connectivity index (χ2v) is 6.65. The van der Waals surface area contributed by atoms with E-state index in [9.17, 15) is 0 Å². The first kappa shape index (κ1) is 15.7. The zero-order valence-corrected chi connectivity index (χ0v) is 13.6. The van der Waals surface area contributed by atoms with Crippen LogP contribution in [0.4, 0.5) is 0 Å². The van der Waals surface area contributed by atoms with Gasteiger partial charge in [0.25, 0.3) is 0 Å². The van der Waals surface area contributed by atoms with Crippen LogP contribution in [0.2, 0.25) is 0 Å². The van der Waals surface area contributed by atoms with Crippen molar-refractivity contribution in [2.45, 2.75) is 45.6 Å². The first-order valence-electron chi connectivity index (χ1n) is 7.69. The summed E-state index contributed by atoms with van der Waals surface area (Å²) in [5.74, 6) is 0. The van der Waals surface area contributed by atoms with Gasteiger partial charge < -0.3 is 5.32 Å². The summed E-state index contributed by atoms with van der Waals surface area (Å²) in [6.45, 7) is 9.94. The lowest BCUT2D eigenvalue weighted by molar-refractivity contribution is 0.571. The average molecular weight is 282 g/mol. The van der Waals surface area contributed by atoms with Crippen molar-refractivity contribution in [1.29, 1.82) is 0 Å². The topological polar surface area (TPSA) is 24.9 Å². The largest absolute Gasteiger partial charge is 0.310 e. The smallest absolute Gasteiger partial charge is 0.0291 e. The molecule has 0 amide bonds. The Morgan fingerprint density at radius 3 is 2.19 bits per heavy atom. The van der Waals surface area contributed by atoms with Crippen molar-refractivity contribution in [2.24, 2.45) is 0 Å². The molecule has 2 heteroatoms. The first-order valence-corrected chi connectivity index (χ1v) is 7.69. The summed E-state index contributed by atoms with van der Waals surface area (Å²) in [5.41, 5.74) is 4.28. The van der Waals surface area contributed by atoms with E-state index in [0.717, 1.165) is 13.0 Å². The van der Waals surface area contributed by atoms with Crippen LogP contribution in [-0.4, -0.2) is 11.5 Å². The summed E-state index contributed by atoms with van der Waals surface area (Å²) in [5, 5.41) is 3.59. The number of benzene rings is 1.